The normalized spacial score (nSPS) is 9.53. The molecule has 0 fully saturated rings. The topological polar surface area (TPSA) is 77.4 Å². The number of aromatic amines is 1. The van der Waals surface area contributed by atoms with Crippen molar-refractivity contribution in [2.75, 3.05) is 5.32 Å². The number of rotatable bonds is 3. The summed E-state index contributed by atoms with van der Waals surface area (Å²) in [6, 6.07) is 9.37. The Labute approximate surface area is 86.8 Å². The Kier molecular flexibility index (Phi) is 2.61. The van der Waals surface area contributed by atoms with Gasteiger partial charge in [0.2, 0.25) is 0 Å². The minimum absolute atomic E-state index is 0.564. The summed E-state index contributed by atoms with van der Waals surface area (Å²) >= 11 is 0. The quantitative estimate of drug-likeness (QED) is 0.780. The predicted molar refractivity (Wildman–Crippen MR) is 54.9 cm³/mol. The van der Waals surface area contributed by atoms with Crippen LogP contribution < -0.4 is 5.32 Å². The molecule has 0 unspecified atom stereocenters. The van der Waals surface area contributed by atoms with Gasteiger partial charge < -0.3 is 5.32 Å². The second kappa shape index (κ2) is 4.24. The molecule has 1 heterocycles. The highest BCUT2D eigenvalue weighted by Crippen LogP contribution is 2.10. The van der Waals surface area contributed by atoms with Gasteiger partial charge in [-0.2, -0.15) is 10.4 Å². The highest BCUT2D eigenvalue weighted by molar-refractivity contribution is 5.48. The second-order valence-electron chi connectivity index (χ2n) is 2.98. The van der Waals surface area contributed by atoms with E-state index in [0.29, 0.717) is 12.1 Å². The van der Waals surface area contributed by atoms with Crippen LogP contribution in [0.1, 0.15) is 11.4 Å². The van der Waals surface area contributed by atoms with Crippen molar-refractivity contribution in [2.45, 2.75) is 6.54 Å². The number of nitrogens with one attached hydrogen (secondary N) is 2. The molecule has 0 bridgehead atoms. The van der Waals surface area contributed by atoms with Gasteiger partial charge >= 0.3 is 0 Å². The minimum Gasteiger partial charge on any atom is -0.378 e. The molecular weight excluding hydrogens is 190 g/mol. The molecule has 1 aromatic carbocycles. The molecule has 0 atom stereocenters. The van der Waals surface area contributed by atoms with Gasteiger partial charge in [-0.15, -0.1) is 0 Å². The van der Waals surface area contributed by atoms with Gasteiger partial charge in [-0.1, -0.05) is 6.07 Å². The fourth-order valence-corrected chi connectivity index (χ4v) is 1.20. The smallest absolute Gasteiger partial charge is 0.143 e. The van der Waals surface area contributed by atoms with Gasteiger partial charge in [0.15, 0.2) is 0 Å². The number of nitriles is 1. The van der Waals surface area contributed by atoms with Crippen LogP contribution >= 0.6 is 0 Å². The number of hydrogen-bond acceptors (Lipinski definition) is 4. The molecule has 0 spiro atoms. The van der Waals surface area contributed by atoms with E-state index in [9.17, 15) is 0 Å². The van der Waals surface area contributed by atoms with Crippen LogP contribution in [0.3, 0.4) is 0 Å². The third-order valence-electron chi connectivity index (χ3n) is 1.92. The zero-order valence-electron chi connectivity index (χ0n) is 7.94. The van der Waals surface area contributed by atoms with Crippen LogP contribution in [0.2, 0.25) is 0 Å². The molecule has 2 aromatic rings. The summed E-state index contributed by atoms with van der Waals surface area (Å²) in [5, 5.41) is 18.3. The van der Waals surface area contributed by atoms with Crippen LogP contribution in [0.15, 0.2) is 30.6 Å². The van der Waals surface area contributed by atoms with E-state index in [1.165, 1.54) is 6.33 Å². The summed E-state index contributed by atoms with van der Waals surface area (Å²) in [5.41, 5.74) is 1.53. The molecule has 0 aliphatic heterocycles. The monoisotopic (exact) mass is 199 g/mol. The fraction of sp³-hybridized carbons (Fsp3) is 0.100. The highest BCUT2D eigenvalue weighted by atomic mass is 15.2. The summed E-state index contributed by atoms with van der Waals surface area (Å²) in [4.78, 5) is 3.98. The number of benzene rings is 1. The lowest BCUT2D eigenvalue weighted by Crippen LogP contribution is -2.01. The number of H-pyrrole nitrogens is 1. The van der Waals surface area contributed by atoms with E-state index in [2.05, 4.69) is 26.6 Å². The molecule has 1 aromatic heterocycles. The summed E-state index contributed by atoms with van der Waals surface area (Å²) < 4.78 is 0. The van der Waals surface area contributed by atoms with Crippen LogP contribution in [0.25, 0.3) is 0 Å². The van der Waals surface area contributed by atoms with Crippen LogP contribution in [0.5, 0.6) is 0 Å². The van der Waals surface area contributed by atoms with E-state index in [4.69, 9.17) is 5.26 Å². The van der Waals surface area contributed by atoms with Crippen molar-refractivity contribution in [3.63, 3.8) is 0 Å². The maximum absolute atomic E-state index is 8.71. The number of hydrogen-bond donors (Lipinski definition) is 2. The van der Waals surface area contributed by atoms with Gasteiger partial charge in [-0.3, -0.25) is 5.10 Å². The van der Waals surface area contributed by atoms with Gasteiger partial charge in [-0.05, 0) is 18.2 Å². The molecular formula is C10H9N5. The second-order valence-corrected chi connectivity index (χ2v) is 2.98. The van der Waals surface area contributed by atoms with Crippen molar-refractivity contribution < 1.29 is 0 Å². The average molecular weight is 199 g/mol. The number of aromatic nitrogens is 3. The fourth-order valence-electron chi connectivity index (χ4n) is 1.20. The van der Waals surface area contributed by atoms with Crippen molar-refractivity contribution >= 4 is 5.69 Å². The maximum atomic E-state index is 8.71. The van der Waals surface area contributed by atoms with Gasteiger partial charge in [0.1, 0.15) is 12.2 Å². The Morgan fingerprint density at radius 2 is 2.40 bits per heavy atom. The Balaban J connectivity index is 2.02. The lowest BCUT2D eigenvalue weighted by molar-refractivity contribution is 0.954. The van der Waals surface area contributed by atoms with E-state index >= 15 is 0 Å². The van der Waals surface area contributed by atoms with E-state index < -0.39 is 0 Å². The molecule has 0 aliphatic rings. The molecule has 5 heteroatoms. The molecule has 15 heavy (non-hydrogen) atoms. The predicted octanol–water partition coefficient (Wildman–Crippen LogP) is 1.29. The molecule has 2 N–H and O–H groups in total. The summed E-state index contributed by atoms with van der Waals surface area (Å²) in [7, 11) is 0. The van der Waals surface area contributed by atoms with E-state index in [0.717, 1.165) is 11.5 Å². The molecule has 0 amide bonds. The zero-order valence-corrected chi connectivity index (χ0v) is 7.94. The lowest BCUT2D eigenvalue weighted by Gasteiger charge is -2.03. The molecule has 0 aliphatic carbocycles. The van der Waals surface area contributed by atoms with Crippen molar-refractivity contribution in [1.29, 1.82) is 5.26 Å². The van der Waals surface area contributed by atoms with Gasteiger partial charge in [0, 0.05) is 5.69 Å². The Morgan fingerprint density at radius 1 is 1.47 bits per heavy atom. The Bertz CT molecular complexity index is 469. The van der Waals surface area contributed by atoms with Gasteiger partial charge in [-0.25, -0.2) is 4.98 Å². The zero-order chi connectivity index (χ0) is 10.5. The van der Waals surface area contributed by atoms with Gasteiger partial charge in [0.05, 0.1) is 18.2 Å². The first-order valence-corrected chi connectivity index (χ1v) is 4.47. The van der Waals surface area contributed by atoms with Crippen LogP contribution in [0.4, 0.5) is 5.69 Å². The van der Waals surface area contributed by atoms with Gasteiger partial charge in [0.25, 0.3) is 0 Å². The minimum atomic E-state index is 0.564. The molecule has 0 saturated carbocycles. The summed E-state index contributed by atoms with van der Waals surface area (Å²) in [6.45, 7) is 0.564. The van der Waals surface area contributed by atoms with Crippen LogP contribution in [0, 0.1) is 11.3 Å². The average Bonchev–Trinajstić information content (AvgIpc) is 2.79. The van der Waals surface area contributed by atoms with Crippen molar-refractivity contribution in [1.82, 2.24) is 15.2 Å². The molecule has 0 radical (unpaired) electrons. The third-order valence-corrected chi connectivity index (χ3v) is 1.92. The van der Waals surface area contributed by atoms with E-state index in [-0.39, 0.29) is 0 Å². The van der Waals surface area contributed by atoms with E-state index in [1.54, 1.807) is 12.1 Å². The Morgan fingerprint density at radius 3 is 3.13 bits per heavy atom. The molecule has 2 rings (SSSR count). The maximum Gasteiger partial charge on any atom is 0.143 e. The largest absolute Gasteiger partial charge is 0.378 e. The number of nitrogens with zero attached hydrogens (tertiary/aromatic N) is 3. The first-order valence-electron chi connectivity index (χ1n) is 4.47. The Hall–Kier alpha value is -2.35. The van der Waals surface area contributed by atoms with E-state index in [1.807, 2.05) is 12.1 Å². The SMILES string of the molecule is N#Cc1cccc(NCc2ncn[nH]2)c1. The molecule has 5 nitrogen and oxygen atoms in total. The van der Waals surface area contributed by atoms with Crippen molar-refractivity contribution in [3.8, 4) is 6.07 Å². The van der Waals surface area contributed by atoms with Crippen LogP contribution in [-0.2, 0) is 6.54 Å². The van der Waals surface area contributed by atoms with Crippen LogP contribution in [-0.4, -0.2) is 15.2 Å². The molecule has 74 valence electrons. The first kappa shape index (κ1) is 9.21. The highest BCUT2D eigenvalue weighted by Gasteiger charge is 1.96. The van der Waals surface area contributed by atoms with Crippen molar-refractivity contribution in [2.24, 2.45) is 0 Å². The third kappa shape index (κ3) is 2.31. The number of anilines is 1. The summed E-state index contributed by atoms with van der Waals surface area (Å²) in [6.07, 6.45) is 1.46. The van der Waals surface area contributed by atoms with Crippen molar-refractivity contribution in [3.05, 3.63) is 42.0 Å². The standard InChI is InChI=1S/C10H9N5/c11-5-8-2-1-3-9(4-8)12-6-10-13-7-14-15-10/h1-4,7,12H,6H2,(H,13,14,15). The summed E-state index contributed by atoms with van der Waals surface area (Å²) in [5.74, 6) is 0.761. The lowest BCUT2D eigenvalue weighted by atomic mass is 10.2. The molecule has 0 saturated heterocycles. The first-order chi connectivity index (χ1) is 7.38.